The minimum Gasteiger partial charge on any atom is -0.469 e. The van der Waals surface area contributed by atoms with Crippen molar-refractivity contribution < 1.29 is 9.53 Å². The van der Waals surface area contributed by atoms with Crippen molar-refractivity contribution in [2.45, 2.75) is 27.7 Å². The molecule has 0 saturated carbocycles. The summed E-state index contributed by atoms with van der Waals surface area (Å²) < 4.78 is 4.62. The lowest BCUT2D eigenvalue weighted by molar-refractivity contribution is -0.144. The van der Waals surface area contributed by atoms with E-state index in [-0.39, 0.29) is 17.3 Å². The quantitative estimate of drug-likeness (QED) is 0.677. The van der Waals surface area contributed by atoms with Crippen LogP contribution in [0.5, 0.6) is 0 Å². The summed E-state index contributed by atoms with van der Waals surface area (Å²) in [6, 6.07) is 0. The summed E-state index contributed by atoms with van der Waals surface area (Å²) in [5, 5.41) is 3.24. The smallest absolute Gasteiger partial charge is 0.309 e. The van der Waals surface area contributed by atoms with E-state index in [1.807, 2.05) is 6.92 Å². The summed E-state index contributed by atoms with van der Waals surface area (Å²) in [5.74, 6) is -0.214. The van der Waals surface area contributed by atoms with Gasteiger partial charge >= 0.3 is 5.97 Å². The van der Waals surface area contributed by atoms with E-state index in [0.717, 1.165) is 6.54 Å². The molecule has 0 amide bonds. The lowest BCUT2D eigenvalue weighted by Crippen LogP contribution is -2.33. The van der Waals surface area contributed by atoms with Gasteiger partial charge in [0.05, 0.1) is 13.0 Å². The lowest BCUT2D eigenvalue weighted by atomic mass is 9.97. The number of ether oxygens (including phenoxy) is 1. The molecule has 0 aromatic heterocycles. The molecule has 0 saturated heterocycles. The van der Waals surface area contributed by atoms with Gasteiger partial charge in [-0.05, 0) is 5.41 Å². The maximum absolute atomic E-state index is 11.0. The molecule has 0 aliphatic carbocycles. The molecular formula is C10H21NO2. The number of carbonyl (C=O) groups excluding carboxylic acids is 1. The Morgan fingerprint density at radius 2 is 2.00 bits per heavy atom. The molecule has 0 aromatic carbocycles. The maximum Gasteiger partial charge on any atom is 0.309 e. The molecule has 3 nitrogen and oxygen atoms in total. The highest BCUT2D eigenvalue weighted by Crippen LogP contribution is 2.10. The van der Waals surface area contributed by atoms with Gasteiger partial charge in [-0.1, -0.05) is 27.7 Å². The van der Waals surface area contributed by atoms with E-state index < -0.39 is 0 Å². The van der Waals surface area contributed by atoms with Crippen molar-refractivity contribution in [1.29, 1.82) is 0 Å². The van der Waals surface area contributed by atoms with Crippen molar-refractivity contribution in [3.8, 4) is 0 Å². The average molecular weight is 187 g/mol. The first-order valence-corrected chi connectivity index (χ1v) is 4.65. The van der Waals surface area contributed by atoms with Gasteiger partial charge in [-0.2, -0.15) is 0 Å². The first-order chi connectivity index (χ1) is 5.87. The molecule has 0 spiro atoms. The average Bonchev–Trinajstić information content (AvgIpc) is 2.00. The van der Waals surface area contributed by atoms with Crippen LogP contribution in [0.25, 0.3) is 0 Å². The number of methoxy groups -OCH3 is 1. The van der Waals surface area contributed by atoms with E-state index in [1.165, 1.54) is 7.11 Å². The highest BCUT2D eigenvalue weighted by atomic mass is 16.5. The number of hydrogen-bond donors (Lipinski definition) is 1. The van der Waals surface area contributed by atoms with Crippen LogP contribution in [0.4, 0.5) is 0 Å². The van der Waals surface area contributed by atoms with Crippen molar-refractivity contribution in [2.75, 3.05) is 20.2 Å². The molecule has 78 valence electrons. The summed E-state index contributed by atoms with van der Waals surface area (Å²) in [6.07, 6.45) is 0. The van der Waals surface area contributed by atoms with Crippen LogP contribution in [-0.2, 0) is 9.53 Å². The Morgan fingerprint density at radius 1 is 1.46 bits per heavy atom. The first-order valence-electron chi connectivity index (χ1n) is 4.65. The molecule has 1 N–H and O–H groups in total. The summed E-state index contributed by atoms with van der Waals surface area (Å²) >= 11 is 0. The number of esters is 1. The van der Waals surface area contributed by atoms with E-state index in [1.54, 1.807) is 0 Å². The van der Waals surface area contributed by atoms with E-state index in [4.69, 9.17) is 0 Å². The molecule has 0 heterocycles. The summed E-state index contributed by atoms with van der Waals surface area (Å²) in [4.78, 5) is 11.0. The van der Waals surface area contributed by atoms with E-state index in [9.17, 15) is 4.79 Å². The Hall–Kier alpha value is -0.570. The van der Waals surface area contributed by atoms with Gasteiger partial charge in [0.15, 0.2) is 0 Å². The molecule has 0 aliphatic rings. The van der Waals surface area contributed by atoms with E-state index in [2.05, 4.69) is 30.8 Å². The highest BCUT2D eigenvalue weighted by Gasteiger charge is 2.14. The second kappa shape index (κ2) is 5.22. The second-order valence-electron chi connectivity index (χ2n) is 4.62. The molecule has 1 unspecified atom stereocenters. The van der Waals surface area contributed by atoms with Crippen molar-refractivity contribution in [2.24, 2.45) is 11.3 Å². The Morgan fingerprint density at radius 3 is 2.38 bits per heavy atom. The zero-order valence-electron chi connectivity index (χ0n) is 9.31. The normalized spacial score (nSPS) is 13.9. The molecule has 13 heavy (non-hydrogen) atoms. The molecule has 0 fully saturated rings. The van der Waals surface area contributed by atoms with Crippen LogP contribution in [0.2, 0.25) is 0 Å². The van der Waals surface area contributed by atoms with Crippen LogP contribution in [0, 0.1) is 11.3 Å². The van der Waals surface area contributed by atoms with Crippen LogP contribution in [0.15, 0.2) is 0 Å². The molecule has 3 heteroatoms. The minimum atomic E-state index is -0.151. The molecule has 0 aliphatic heterocycles. The maximum atomic E-state index is 11.0. The van der Waals surface area contributed by atoms with Crippen LogP contribution >= 0.6 is 0 Å². The van der Waals surface area contributed by atoms with Gasteiger partial charge in [0.1, 0.15) is 0 Å². The predicted octanol–water partition coefficient (Wildman–Crippen LogP) is 1.43. The summed E-state index contributed by atoms with van der Waals surface area (Å²) in [5.41, 5.74) is 0.260. The van der Waals surface area contributed by atoms with Crippen LogP contribution in [-0.4, -0.2) is 26.2 Å². The summed E-state index contributed by atoms with van der Waals surface area (Å²) in [7, 11) is 1.42. The van der Waals surface area contributed by atoms with Gasteiger partial charge in [0, 0.05) is 13.1 Å². The van der Waals surface area contributed by atoms with Gasteiger partial charge in [-0.3, -0.25) is 4.79 Å². The molecule has 0 rings (SSSR count). The molecule has 1 atom stereocenters. The third kappa shape index (κ3) is 6.58. The fourth-order valence-electron chi connectivity index (χ4n) is 0.948. The number of hydrogen-bond acceptors (Lipinski definition) is 3. The molecule has 0 bridgehead atoms. The summed E-state index contributed by atoms with van der Waals surface area (Å²) in [6.45, 7) is 9.92. The third-order valence-corrected chi connectivity index (χ3v) is 1.71. The SMILES string of the molecule is COC(=O)C(C)CNCC(C)(C)C. The minimum absolute atomic E-state index is 0.0626. The third-order valence-electron chi connectivity index (χ3n) is 1.71. The molecule has 0 radical (unpaired) electrons. The standard InChI is InChI=1S/C10H21NO2/c1-8(9(12)13-5)6-11-7-10(2,3)4/h8,11H,6-7H2,1-5H3. The number of carbonyl (C=O) groups is 1. The van der Waals surface area contributed by atoms with Gasteiger partial charge in [0.2, 0.25) is 0 Å². The van der Waals surface area contributed by atoms with Crippen molar-refractivity contribution >= 4 is 5.97 Å². The Balaban J connectivity index is 3.59. The monoisotopic (exact) mass is 187 g/mol. The number of nitrogens with one attached hydrogen (secondary N) is 1. The zero-order chi connectivity index (χ0) is 10.5. The van der Waals surface area contributed by atoms with Crippen LogP contribution in [0.3, 0.4) is 0 Å². The Labute approximate surface area is 80.8 Å². The van der Waals surface area contributed by atoms with Gasteiger partial charge in [-0.25, -0.2) is 0 Å². The first kappa shape index (κ1) is 12.4. The Bertz CT molecular complexity index is 161. The number of rotatable bonds is 4. The predicted molar refractivity (Wildman–Crippen MR) is 53.5 cm³/mol. The van der Waals surface area contributed by atoms with Gasteiger partial charge < -0.3 is 10.1 Å². The second-order valence-corrected chi connectivity index (χ2v) is 4.62. The Kier molecular flexibility index (Phi) is 4.99. The fourth-order valence-corrected chi connectivity index (χ4v) is 0.948. The van der Waals surface area contributed by atoms with Crippen molar-refractivity contribution in [3.63, 3.8) is 0 Å². The topological polar surface area (TPSA) is 38.3 Å². The van der Waals surface area contributed by atoms with Crippen LogP contribution < -0.4 is 5.32 Å². The fraction of sp³-hybridized carbons (Fsp3) is 0.900. The van der Waals surface area contributed by atoms with E-state index in [0.29, 0.717) is 6.54 Å². The largest absolute Gasteiger partial charge is 0.469 e. The molecular weight excluding hydrogens is 166 g/mol. The van der Waals surface area contributed by atoms with Crippen molar-refractivity contribution in [3.05, 3.63) is 0 Å². The van der Waals surface area contributed by atoms with Gasteiger partial charge in [0.25, 0.3) is 0 Å². The zero-order valence-corrected chi connectivity index (χ0v) is 9.31. The lowest BCUT2D eigenvalue weighted by Gasteiger charge is -2.20. The van der Waals surface area contributed by atoms with E-state index >= 15 is 0 Å². The van der Waals surface area contributed by atoms with Crippen LogP contribution in [0.1, 0.15) is 27.7 Å². The molecule has 0 aromatic rings. The van der Waals surface area contributed by atoms with Gasteiger partial charge in [-0.15, -0.1) is 0 Å². The highest BCUT2D eigenvalue weighted by molar-refractivity contribution is 5.71. The van der Waals surface area contributed by atoms with Crippen molar-refractivity contribution in [1.82, 2.24) is 5.32 Å².